The lowest BCUT2D eigenvalue weighted by molar-refractivity contribution is -0.275. The molecule has 130 valence electrons. The maximum atomic E-state index is 13.6. The van der Waals surface area contributed by atoms with E-state index in [9.17, 15) is 27.1 Å². The van der Waals surface area contributed by atoms with Crippen molar-refractivity contribution in [1.29, 1.82) is 0 Å². The van der Waals surface area contributed by atoms with Gasteiger partial charge in [-0.3, -0.25) is 0 Å². The summed E-state index contributed by atoms with van der Waals surface area (Å²) in [7, 11) is 0. The third kappa shape index (κ3) is 5.23. The summed E-state index contributed by atoms with van der Waals surface area (Å²) in [6.45, 7) is 0.520. The lowest BCUT2D eigenvalue weighted by atomic mass is 9.93. The maximum Gasteiger partial charge on any atom is 0.573 e. The van der Waals surface area contributed by atoms with Crippen molar-refractivity contribution >= 4 is 5.69 Å². The Balaban J connectivity index is 2.19. The molecule has 1 aromatic carbocycles. The summed E-state index contributed by atoms with van der Waals surface area (Å²) < 4.78 is 67.8. The monoisotopic (exact) mass is 339 g/mol. The van der Waals surface area contributed by atoms with E-state index < -0.39 is 23.6 Å². The first-order valence-corrected chi connectivity index (χ1v) is 7.27. The molecular formula is C15H18F5NO2. The molecule has 0 spiro atoms. The fourth-order valence-electron chi connectivity index (χ4n) is 2.63. The number of benzene rings is 1. The highest BCUT2D eigenvalue weighted by molar-refractivity contribution is 5.53. The van der Waals surface area contributed by atoms with Gasteiger partial charge in [-0.05, 0) is 43.9 Å². The van der Waals surface area contributed by atoms with Crippen LogP contribution < -0.4 is 10.1 Å². The fourth-order valence-corrected chi connectivity index (χ4v) is 2.63. The first-order valence-electron chi connectivity index (χ1n) is 7.27. The van der Waals surface area contributed by atoms with Crippen molar-refractivity contribution < 1.29 is 31.8 Å². The summed E-state index contributed by atoms with van der Waals surface area (Å²) in [6.07, 6.45) is -2.85. The van der Waals surface area contributed by atoms with Crippen LogP contribution in [0.15, 0.2) is 18.2 Å². The molecule has 1 aromatic rings. The van der Waals surface area contributed by atoms with E-state index in [0.717, 1.165) is 12.1 Å². The zero-order valence-corrected chi connectivity index (χ0v) is 12.5. The van der Waals surface area contributed by atoms with Gasteiger partial charge in [-0.1, -0.05) is 0 Å². The molecule has 0 heterocycles. The maximum absolute atomic E-state index is 13.6. The van der Waals surface area contributed by atoms with Gasteiger partial charge < -0.3 is 15.2 Å². The van der Waals surface area contributed by atoms with Gasteiger partial charge in [-0.2, -0.15) is 0 Å². The van der Waals surface area contributed by atoms with Gasteiger partial charge in [0.1, 0.15) is 5.75 Å². The Morgan fingerprint density at radius 3 is 2.22 bits per heavy atom. The quantitative estimate of drug-likeness (QED) is 0.799. The Morgan fingerprint density at radius 2 is 1.70 bits per heavy atom. The molecule has 0 radical (unpaired) electrons. The van der Waals surface area contributed by atoms with Crippen LogP contribution in [0, 0.1) is 0 Å². The number of hydrogen-bond acceptors (Lipinski definition) is 3. The minimum absolute atomic E-state index is 0.00823. The highest BCUT2D eigenvalue weighted by atomic mass is 19.4. The van der Waals surface area contributed by atoms with E-state index in [1.165, 1.54) is 6.07 Å². The molecule has 0 unspecified atom stereocenters. The number of aliphatic hydroxyl groups excluding tert-OH is 1. The second-order valence-corrected chi connectivity index (χ2v) is 5.80. The van der Waals surface area contributed by atoms with Crippen molar-refractivity contribution in [2.24, 2.45) is 0 Å². The van der Waals surface area contributed by atoms with E-state index in [-0.39, 0.29) is 12.1 Å². The summed E-state index contributed by atoms with van der Waals surface area (Å²) in [5.41, 5.74) is -0.520. The standard InChI is InChI=1S/C15H18F5NO2/c1-14(16,17)12-8-10(4-7-13(12)23-15(18,19)20)21-9-2-5-11(22)6-3-9/h4,7-9,11,21-22H,2-3,5-6H2,1H3/t9-,11+. The van der Waals surface area contributed by atoms with Gasteiger partial charge in [0.15, 0.2) is 0 Å². The van der Waals surface area contributed by atoms with Gasteiger partial charge in [0, 0.05) is 18.7 Å². The van der Waals surface area contributed by atoms with E-state index in [2.05, 4.69) is 10.1 Å². The number of halogens is 5. The molecule has 0 aliphatic heterocycles. The molecule has 0 bridgehead atoms. The summed E-state index contributed by atoms with van der Waals surface area (Å²) in [4.78, 5) is 0. The van der Waals surface area contributed by atoms with Crippen LogP contribution in [-0.2, 0) is 5.92 Å². The smallest absolute Gasteiger partial charge is 0.405 e. The molecule has 1 aliphatic carbocycles. The summed E-state index contributed by atoms with van der Waals surface area (Å²) in [5, 5.41) is 12.5. The van der Waals surface area contributed by atoms with Crippen LogP contribution in [0.3, 0.4) is 0 Å². The normalized spacial score (nSPS) is 22.7. The average molecular weight is 339 g/mol. The number of alkyl halides is 5. The Morgan fingerprint density at radius 1 is 1.09 bits per heavy atom. The molecule has 1 aliphatic rings. The molecule has 1 fully saturated rings. The first kappa shape index (κ1) is 17.8. The Bertz CT molecular complexity index is 534. The predicted octanol–water partition coefficient (Wildman–Crippen LogP) is 4.41. The van der Waals surface area contributed by atoms with E-state index >= 15 is 0 Å². The second-order valence-electron chi connectivity index (χ2n) is 5.80. The summed E-state index contributed by atoms with van der Waals surface area (Å²) in [5.74, 6) is -4.38. The van der Waals surface area contributed by atoms with Gasteiger partial charge in [-0.25, -0.2) is 8.78 Å². The molecule has 3 nitrogen and oxygen atoms in total. The Hall–Kier alpha value is -1.57. The molecule has 8 heteroatoms. The van der Waals surface area contributed by atoms with Gasteiger partial charge in [-0.15, -0.1) is 13.2 Å². The summed E-state index contributed by atoms with van der Waals surface area (Å²) in [6, 6.07) is 3.14. The van der Waals surface area contributed by atoms with Crippen molar-refractivity contribution in [2.45, 2.75) is 57.0 Å². The van der Waals surface area contributed by atoms with Crippen LogP contribution in [-0.4, -0.2) is 23.6 Å². The molecular weight excluding hydrogens is 321 g/mol. The molecule has 0 saturated heterocycles. The first-order chi connectivity index (χ1) is 10.5. The van der Waals surface area contributed by atoms with Crippen LogP contribution in [0.2, 0.25) is 0 Å². The second kappa shape index (κ2) is 6.51. The topological polar surface area (TPSA) is 41.5 Å². The van der Waals surface area contributed by atoms with Crippen molar-refractivity contribution in [2.75, 3.05) is 5.32 Å². The van der Waals surface area contributed by atoms with E-state index in [1.807, 2.05) is 0 Å². The zero-order valence-electron chi connectivity index (χ0n) is 12.5. The number of rotatable bonds is 4. The number of hydrogen-bond donors (Lipinski definition) is 2. The minimum Gasteiger partial charge on any atom is -0.405 e. The zero-order chi connectivity index (χ0) is 17.3. The molecule has 0 amide bonds. The van der Waals surface area contributed by atoms with Crippen molar-refractivity contribution in [1.82, 2.24) is 0 Å². The highest BCUT2D eigenvalue weighted by Crippen LogP contribution is 2.39. The van der Waals surface area contributed by atoms with Gasteiger partial charge in [0.25, 0.3) is 5.92 Å². The van der Waals surface area contributed by atoms with Gasteiger partial charge >= 0.3 is 6.36 Å². The van der Waals surface area contributed by atoms with Crippen LogP contribution >= 0.6 is 0 Å². The molecule has 0 atom stereocenters. The largest absolute Gasteiger partial charge is 0.573 e. The Labute approximate surface area is 130 Å². The third-order valence-electron chi connectivity index (χ3n) is 3.75. The number of anilines is 1. The van der Waals surface area contributed by atoms with E-state index in [0.29, 0.717) is 38.3 Å². The molecule has 2 N–H and O–H groups in total. The summed E-state index contributed by atoms with van der Waals surface area (Å²) >= 11 is 0. The minimum atomic E-state index is -5.03. The SMILES string of the molecule is CC(F)(F)c1cc(N[C@H]2CC[C@@H](O)CC2)ccc1OC(F)(F)F. The van der Waals surface area contributed by atoms with Crippen LogP contribution in [0.1, 0.15) is 38.2 Å². The lowest BCUT2D eigenvalue weighted by Crippen LogP contribution is -2.28. The van der Waals surface area contributed by atoms with Crippen LogP contribution in [0.4, 0.5) is 27.6 Å². The van der Waals surface area contributed by atoms with E-state index in [1.54, 1.807) is 0 Å². The van der Waals surface area contributed by atoms with Crippen LogP contribution in [0.25, 0.3) is 0 Å². The number of ether oxygens (including phenoxy) is 1. The third-order valence-corrected chi connectivity index (χ3v) is 3.75. The average Bonchev–Trinajstić information content (AvgIpc) is 2.40. The molecule has 2 rings (SSSR count). The predicted molar refractivity (Wildman–Crippen MR) is 74.6 cm³/mol. The molecule has 1 saturated carbocycles. The van der Waals surface area contributed by atoms with Crippen molar-refractivity contribution in [3.8, 4) is 5.75 Å². The molecule has 23 heavy (non-hydrogen) atoms. The fraction of sp³-hybridized carbons (Fsp3) is 0.600. The number of aliphatic hydroxyl groups is 1. The van der Waals surface area contributed by atoms with E-state index in [4.69, 9.17) is 0 Å². The van der Waals surface area contributed by atoms with Gasteiger partial charge in [0.05, 0.1) is 11.7 Å². The highest BCUT2D eigenvalue weighted by Gasteiger charge is 2.36. The number of nitrogens with one attached hydrogen (secondary N) is 1. The van der Waals surface area contributed by atoms with Crippen LogP contribution in [0.5, 0.6) is 5.75 Å². The van der Waals surface area contributed by atoms with Crippen molar-refractivity contribution in [3.63, 3.8) is 0 Å². The Kier molecular flexibility index (Phi) is 5.03. The lowest BCUT2D eigenvalue weighted by Gasteiger charge is -2.27. The van der Waals surface area contributed by atoms with Crippen molar-refractivity contribution in [3.05, 3.63) is 23.8 Å². The molecule has 0 aromatic heterocycles. The van der Waals surface area contributed by atoms with Gasteiger partial charge in [0.2, 0.25) is 0 Å².